The first-order chi connectivity index (χ1) is 16.7. The van der Waals surface area contributed by atoms with E-state index in [0.29, 0.717) is 34.5 Å². The molecular weight excluding hydrogens is 448 g/mol. The molecule has 0 radical (unpaired) electrons. The van der Waals surface area contributed by atoms with Gasteiger partial charge in [0.25, 0.3) is 5.91 Å². The van der Waals surface area contributed by atoms with E-state index < -0.39 is 0 Å². The number of nitrogens with one attached hydrogen (secondary N) is 2. The summed E-state index contributed by atoms with van der Waals surface area (Å²) >= 11 is 1.26. The molecule has 2 amide bonds. The third kappa shape index (κ3) is 5.57. The van der Waals surface area contributed by atoms with E-state index in [1.54, 1.807) is 54.9 Å². The van der Waals surface area contributed by atoms with Crippen LogP contribution in [0.5, 0.6) is 0 Å². The van der Waals surface area contributed by atoms with E-state index >= 15 is 0 Å². The molecule has 0 spiro atoms. The molecule has 0 aliphatic rings. The van der Waals surface area contributed by atoms with Gasteiger partial charge in [-0.2, -0.15) is 0 Å². The van der Waals surface area contributed by atoms with Crippen molar-refractivity contribution in [2.24, 2.45) is 0 Å². The summed E-state index contributed by atoms with van der Waals surface area (Å²) < 4.78 is 1.89. The van der Waals surface area contributed by atoms with Gasteiger partial charge in [-0.1, -0.05) is 48.2 Å². The summed E-state index contributed by atoms with van der Waals surface area (Å²) in [6, 6.07) is 19.7. The lowest BCUT2D eigenvalue weighted by atomic mass is 10.1. The van der Waals surface area contributed by atoms with Crippen molar-refractivity contribution in [1.29, 1.82) is 0 Å². The maximum absolute atomic E-state index is 12.7. The summed E-state index contributed by atoms with van der Waals surface area (Å²) in [6.45, 7) is 4.30. The molecule has 0 fully saturated rings. The minimum atomic E-state index is -0.303. The van der Waals surface area contributed by atoms with E-state index in [0.717, 1.165) is 5.56 Å². The Balaban J connectivity index is 1.44. The lowest BCUT2D eigenvalue weighted by Crippen LogP contribution is -2.19. The topological polar surface area (TPSA) is 102 Å². The molecule has 0 saturated carbocycles. The molecule has 0 atom stereocenters. The van der Waals surface area contributed by atoms with Gasteiger partial charge in [-0.3, -0.25) is 19.1 Å². The van der Waals surface area contributed by atoms with Gasteiger partial charge in [0.1, 0.15) is 0 Å². The van der Waals surface area contributed by atoms with Crippen molar-refractivity contribution in [2.45, 2.75) is 11.7 Å². The smallest absolute Gasteiger partial charge is 0.257 e. The quantitative estimate of drug-likeness (QED) is 0.276. The van der Waals surface area contributed by atoms with Crippen molar-refractivity contribution >= 4 is 35.0 Å². The standard InChI is InChI=1S/C25H22N6O2S/c1-2-16-31-23(18-12-14-26-15-13-18)29-30-25(31)34-17-22(32)28-21-11-7-6-10-20(21)24(33)27-19-8-4-3-5-9-19/h2-15H,1,16-17H2,(H,27,33)(H,28,32). The van der Waals surface area contributed by atoms with Crippen molar-refractivity contribution in [3.63, 3.8) is 0 Å². The Labute approximate surface area is 201 Å². The molecule has 4 aromatic rings. The molecule has 0 aliphatic carbocycles. The molecule has 0 unspecified atom stereocenters. The molecule has 2 aromatic heterocycles. The van der Waals surface area contributed by atoms with Gasteiger partial charge in [0, 0.05) is 30.2 Å². The van der Waals surface area contributed by atoms with Crippen molar-refractivity contribution in [2.75, 3.05) is 16.4 Å². The highest BCUT2D eigenvalue weighted by molar-refractivity contribution is 7.99. The number of rotatable bonds is 9. The SMILES string of the molecule is C=CCn1c(SCC(=O)Nc2ccccc2C(=O)Nc2ccccc2)nnc1-c1ccncc1. The molecule has 0 bridgehead atoms. The summed E-state index contributed by atoms with van der Waals surface area (Å²) in [5.41, 5.74) is 2.36. The number of anilines is 2. The number of para-hydroxylation sites is 2. The van der Waals surface area contributed by atoms with Crippen molar-refractivity contribution < 1.29 is 9.59 Å². The maximum atomic E-state index is 12.7. The van der Waals surface area contributed by atoms with Gasteiger partial charge in [-0.05, 0) is 36.4 Å². The van der Waals surface area contributed by atoms with Gasteiger partial charge in [0.2, 0.25) is 5.91 Å². The highest BCUT2D eigenvalue weighted by Crippen LogP contribution is 2.24. The summed E-state index contributed by atoms with van der Waals surface area (Å²) in [7, 11) is 0. The third-order valence-electron chi connectivity index (χ3n) is 4.78. The molecule has 8 nitrogen and oxygen atoms in total. The minimum absolute atomic E-state index is 0.0975. The number of pyridine rings is 1. The Morgan fingerprint density at radius 2 is 1.68 bits per heavy atom. The average molecular weight is 471 g/mol. The highest BCUT2D eigenvalue weighted by atomic mass is 32.2. The lowest BCUT2D eigenvalue weighted by molar-refractivity contribution is -0.113. The summed E-state index contributed by atoms with van der Waals surface area (Å²) in [6.07, 6.45) is 5.13. The molecule has 2 aromatic carbocycles. The number of hydrogen-bond acceptors (Lipinski definition) is 6. The second-order valence-electron chi connectivity index (χ2n) is 7.14. The number of benzene rings is 2. The number of carbonyl (C=O) groups is 2. The zero-order valence-electron chi connectivity index (χ0n) is 18.2. The normalized spacial score (nSPS) is 10.5. The predicted octanol–water partition coefficient (Wildman–Crippen LogP) is 4.51. The molecular formula is C25H22N6O2S. The number of carbonyl (C=O) groups excluding carboxylic acids is 2. The zero-order valence-corrected chi connectivity index (χ0v) is 19.0. The molecule has 34 heavy (non-hydrogen) atoms. The van der Waals surface area contributed by atoms with Crippen LogP contribution in [0.1, 0.15) is 10.4 Å². The Hall–Kier alpha value is -4.24. The summed E-state index contributed by atoms with van der Waals surface area (Å²) in [4.78, 5) is 29.5. The zero-order chi connectivity index (χ0) is 23.8. The van der Waals surface area contributed by atoms with E-state index in [1.807, 2.05) is 34.9 Å². The lowest BCUT2D eigenvalue weighted by Gasteiger charge is -2.12. The van der Waals surface area contributed by atoms with E-state index in [-0.39, 0.29) is 17.6 Å². The molecule has 0 aliphatic heterocycles. The number of allylic oxidation sites excluding steroid dienone is 1. The Bertz CT molecular complexity index is 1290. The van der Waals surface area contributed by atoms with Gasteiger partial charge in [0.15, 0.2) is 11.0 Å². The highest BCUT2D eigenvalue weighted by Gasteiger charge is 2.17. The maximum Gasteiger partial charge on any atom is 0.257 e. The molecule has 2 N–H and O–H groups in total. The van der Waals surface area contributed by atoms with Gasteiger partial charge in [-0.15, -0.1) is 16.8 Å². The van der Waals surface area contributed by atoms with Crippen LogP contribution in [0.2, 0.25) is 0 Å². The molecule has 0 saturated heterocycles. The fourth-order valence-electron chi connectivity index (χ4n) is 3.23. The monoisotopic (exact) mass is 470 g/mol. The summed E-state index contributed by atoms with van der Waals surface area (Å²) in [5, 5.41) is 14.8. The van der Waals surface area contributed by atoms with Crippen LogP contribution in [0.15, 0.2) is 96.9 Å². The first-order valence-electron chi connectivity index (χ1n) is 10.5. The molecule has 2 heterocycles. The largest absolute Gasteiger partial charge is 0.325 e. The van der Waals surface area contributed by atoms with Crippen molar-refractivity contribution in [1.82, 2.24) is 19.7 Å². The van der Waals surface area contributed by atoms with Crippen LogP contribution in [-0.2, 0) is 11.3 Å². The Morgan fingerprint density at radius 1 is 0.941 bits per heavy atom. The van der Waals surface area contributed by atoms with E-state index in [2.05, 4.69) is 32.4 Å². The van der Waals surface area contributed by atoms with Crippen LogP contribution in [-0.4, -0.2) is 37.3 Å². The average Bonchev–Trinajstić information content (AvgIpc) is 3.27. The van der Waals surface area contributed by atoms with Gasteiger partial charge in [-0.25, -0.2) is 0 Å². The number of amides is 2. The first kappa shape index (κ1) is 22.9. The van der Waals surface area contributed by atoms with Crippen molar-refractivity contribution in [3.05, 3.63) is 97.3 Å². The number of aromatic nitrogens is 4. The third-order valence-corrected chi connectivity index (χ3v) is 5.74. The fourth-order valence-corrected chi connectivity index (χ4v) is 3.98. The molecule has 170 valence electrons. The van der Waals surface area contributed by atoms with Gasteiger partial charge in [0.05, 0.1) is 17.0 Å². The van der Waals surface area contributed by atoms with Crippen LogP contribution < -0.4 is 10.6 Å². The molecule has 4 rings (SSSR count). The summed E-state index contributed by atoms with van der Waals surface area (Å²) in [5.74, 6) is 0.208. The number of nitrogens with zero attached hydrogens (tertiary/aromatic N) is 4. The van der Waals surface area contributed by atoms with Crippen molar-refractivity contribution in [3.8, 4) is 11.4 Å². The van der Waals surface area contributed by atoms with Gasteiger partial charge >= 0.3 is 0 Å². The minimum Gasteiger partial charge on any atom is -0.325 e. The van der Waals surface area contributed by atoms with E-state index in [1.165, 1.54) is 11.8 Å². The second-order valence-corrected chi connectivity index (χ2v) is 8.09. The Kier molecular flexibility index (Phi) is 7.46. The number of hydrogen-bond donors (Lipinski definition) is 2. The molecule has 9 heteroatoms. The van der Waals surface area contributed by atoms with Crippen LogP contribution in [0.3, 0.4) is 0 Å². The van der Waals surface area contributed by atoms with E-state index in [9.17, 15) is 9.59 Å². The van der Waals surface area contributed by atoms with Gasteiger partial charge < -0.3 is 10.6 Å². The number of thioether (sulfide) groups is 1. The second kappa shape index (κ2) is 11.1. The van der Waals surface area contributed by atoms with Crippen LogP contribution in [0.25, 0.3) is 11.4 Å². The predicted molar refractivity (Wildman–Crippen MR) is 134 cm³/mol. The van der Waals surface area contributed by atoms with E-state index in [4.69, 9.17) is 0 Å². The van der Waals surface area contributed by atoms with Crippen LogP contribution in [0.4, 0.5) is 11.4 Å². The first-order valence-corrected chi connectivity index (χ1v) is 11.5. The van der Waals surface area contributed by atoms with Crippen LogP contribution >= 0.6 is 11.8 Å². The van der Waals surface area contributed by atoms with Crippen LogP contribution in [0, 0.1) is 0 Å². The Morgan fingerprint density at radius 3 is 2.44 bits per heavy atom. The fraction of sp³-hybridized carbons (Fsp3) is 0.0800.